The molecule has 1 aliphatic rings. The van der Waals surface area contributed by atoms with Gasteiger partial charge in [0.25, 0.3) is 5.91 Å². The molecule has 0 saturated carbocycles. The third-order valence-electron chi connectivity index (χ3n) is 4.28. The van der Waals surface area contributed by atoms with Gasteiger partial charge in [-0.15, -0.1) is 0 Å². The van der Waals surface area contributed by atoms with Crippen molar-refractivity contribution in [2.24, 2.45) is 0 Å². The maximum Gasteiger partial charge on any atom is 0.353 e. The number of fused-ring (bicyclic) bond motifs is 1. The number of para-hydroxylation sites is 1. The Balaban J connectivity index is 1.36. The molecule has 0 spiro atoms. The summed E-state index contributed by atoms with van der Waals surface area (Å²) in [5.41, 5.74) is 2.19. The second kappa shape index (κ2) is 7.33. The molecule has 0 saturated heterocycles. The van der Waals surface area contributed by atoms with Crippen molar-refractivity contribution in [3.63, 3.8) is 0 Å². The first-order valence-corrected chi connectivity index (χ1v) is 8.62. The fourth-order valence-electron chi connectivity index (χ4n) is 2.89. The van der Waals surface area contributed by atoms with Crippen LogP contribution >= 0.6 is 0 Å². The van der Waals surface area contributed by atoms with Gasteiger partial charge in [0.2, 0.25) is 0 Å². The van der Waals surface area contributed by atoms with Crippen molar-refractivity contribution in [2.45, 2.75) is 12.5 Å². The Morgan fingerprint density at radius 2 is 1.59 bits per heavy atom. The summed E-state index contributed by atoms with van der Waals surface area (Å²) in [6.07, 6.45) is -0.139. The minimum Gasteiger partial charge on any atom is -0.478 e. The Morgan fingerprint density at radius 3 is 2.33 bits per heavy atom. The van der Waals surface area contributed by atoms with E-state index in [0.717, 1.165) is 11.3 Å². The van der Waals surface area contributed by atoms with Gasteiger partial charge in [-0.25, -0.2) is 4.79 Å². The van der Waals surface area contributed by atoms with Crippen LogP contribution in [-0.2, 0) is 11.2 Å². The minimum atomic E-state index is -0.639. The molecule has 0 bridgehead atoms. The lowest BCUT2D eigenvalue weighted by atomic mass is 10.1. The Bertz CT molecular complexity index is 942. The number of hydrogen-bond acceptors (Lipinski definition) is 4. The number of rotatable bonds is 4. The molecule has 1 N–H and O–H groups in total. The summed E-state index contributed by atoms with van der Waals surface area (Å²) in [6, 6.07) is 23.2. The SMILES string of the molecule is O=C(Nc1ccc(OC(=O)C2Cc3ccccc3O2)cc1)c1ccccc1. The number of hydrogen-bond donors (Lipinski definition) is 1. The molecule has 5 nitrogen and oxygen atoms in total. The van der Waals surface area contributed by atoms with Gasteiger partial charge in [-0.05, 0) is 48.0 Å². The van der Waals surface area contributed by atoms with Crippen LogP contribution in [0.25, 0.3) is 0 Å². The van der Waals surface area contributed by atoms with E-state index in [1.807, 2.05) is 30.3 Å². The molecule has 1 atom stereocenters. The lowest BCUT2D eigenvalue weighted by Crippen LogP contribution is -2.29. The Labute approximate surface area is 156 Å². The van der Waals surface area contributed by atoms with Gasteiger partial charge in [0.1, 0.15) is 11.5 Å². The van der Waals surface area contributed by atoms with Gasteiger partial charge in [-0.2, -0.15) is 0 Å². The van der Waals surface area contributed by atoms with Gasteiger partial charge < -0.3 is 14.8 Å². The van der Waals surface area contributed by atoms with E-state index < -0.39 is 12.1 Å². The summed E-state index contributed by atoms with van der Waals surface area (Å²) in [7, 11) is 0. The largest absolute Gasteiger partial charge is 0.478 e. The van der Waals surface area contributed by atoms with Gasteiger partial charge in [-0.3, -0.25) is 4.79 Å². The first-order valence-electron chi connectivity index (χ1n) is 8.62. The third kappa shape index (κ3) is 3.82. The van der Waals surface area contributed by atoms with Gasteiger partial charge in [0.15, 0.2) is 6.10 Å². The quantitative estimate of drug-likeness (QED) is 0.568. The molecular formula is C22H17NO4. The topological polar surface area (TPSA) is 64.6 Å². The second-order valence-electron chi connectivity index (χ2n) is 6.18. The zero-order valence-electron chi connectivity index (χ0n) is 14.4. The van der Waals surface area contributed by atoms with E-state index in [1.54, 1.807) is 48.5 Å². The van der Waals surface area contributed by atoms with Crippen molar-refractivity contribution in [1.29, 1.82) is 0 Å². The van der Waals surface area contributed by atoms with Gasteiger partial charge in [0, 0.05) is 17.7 Å². The first-order chi connectivity index (χ1) is 13.2. The summed E-state index contributed by atoms with van der Waals surface area (Å²) in [5, 5.41) is 2.80. The lowest BCUT2D eigenvalue weighted by molar-refractivity contribution is -0.141. The molecule has 27 heavy (non-hydrogen) atoms. The molecule has 1 amide bonds. The van der Waals surface area contributed by atoms with Gasteiger partial charge >= 0.3 is 5.97 Å². The zero-order chi connectivity index (χ0) is 18.6. The number of anilines is 1. The summed E-state index contributed by atoms with van der Waals surface area (Å²) in [6.45, 7) is 0. The molecule has 0 fully saturated rings. The van der Waals surface area contributed by atoms with E-state index in [9.17, 15) is 9.59 Å². The maximum atomic E-state index is 12.3. The molecule has 0 radical (unpaired) electrons. The van der Waals surface area contributed by atoms with Crippen LogP contribution in [0.5, 0.6) is 11.5 Å². The van der Waals surface area contributed by atoms with E-state index >= 15 is 0 Å². The predicted octanol–water partition coefficient (Wildman–Crippen LogP) is 3.85. The van der Waals surface area contributed by atoms with Crippen LogP contribution in [0.15, 0.2) is 78.9 Å². The fraction of sp³-hybridized carbons (Fsp3) is 0.0909. The van der Waals surface area contributed by atoms with Crippen LogP contribution in [0.1, 0.15) is 15.9 Å². The number of amides is 1. The molecular weight excluding hydrogens is 342 g/mol. The average Bonchev–Trinajstić information content (AvgIpc) is 3.14. The summed E-state index contributed by atoms with van der Waals surface area (Å²) in [5.74, 6) is 0.487. The highest BCUT2D eigenvalue weighted by Gasteiger charge is 2.30. The van der Waals surface area contributed by atoms with Crippen molar-refractivity contribution in [3.05, 3.63) is 90.0 Å². The number of carbonyl (C=O) groups is 2. The van der Waals surface area contributed by atoms with Crippen molar-refractivity contribution < 1.29 is 19.1 Å². The van der Waals surface area contributed by atoms with E-state index in [1.165, 1.54) is 0 Å². The first kappa shape index (κ1) is 16.8. The van der Waals surface area contributed by atoms with Crippen LogP contribution in [0, 0.1) is 0 Å². The normalized spacial score (nSPS) is 14.7. The minimum absolute atomic E-state index is 0.197. The van der Waals surface area contributed by atoms with Crippen LogP contribution in [0.2, 0.25) is 0 Å². The zero-order valence-corrected chi connectivity index (χ0v) is 14.4. The van der Waals surface area contributed by atoms with E-state index in [0.29, 0.717) is 23.4 Å². The molecule has 1 heterocycles. The second-order valence-corrected chi connectivity index (χ2v) is 6.18. The van der Waals surface area contributed by atoms with Crippen molar-refractivity contribution in [3.8, 4) is 11.5 Å². The highest BCUT2D eigenvalue weighted by molar-refractivity contribution is 6.04. The van der Waals surface area contributed by atoms with Crippen LogP contribution in [-0.4, -0.2) is 18.0 Å². The van der Waals surface area contributed by atoms with Gasteiger partial charge in [-0.1, -0.05) is 36.4 Å². The predicted molar refractivity (Wildman–Crippen MR) is 101 cm³/mol. The van der Waals surface area contributed by atoms with E-state index in [2.05, 4.69) is 5.32 Å². The summed E-state index contributed by atoms with van der Waals surface area (Å²) < 4.78 is 11.0. The monoisotopic (exact) mass is 359 g/mol. The Morgan fingerprint density at radius 1 is 0.889 bits per heavy atom. The van der Waals surface area contributed by atoms with E-state index in [4.69, 9.17) is 9.47 Å². The van der Waals surface area contributed by atoms with Crippen molar-refractivity contribution in [1.82, 2.24) is 0 Å². The van der Waals surface area contributed by atoms with Gasteiger partial charge in [0.05, 0.1) is 0 Å². The molecule has 5 heteroatoms. The standard InChI is InChI=1S/C22H17NO4/c24-21(15-6-2-1-3-7-15)23-17-10-12-18(13-11-17)26-22(25)20-14-16-8-4-5-9-19(16)27-20/h1-13,20H,14H2,(H,23,24). The summed E-state index contributed by atoms with van der Waals surface area (Å²) >= 11 is 0. The molecule has 3 aromatic carbocycles. The smallest absolute Gasteiger partial charge is 0.353 e. The maximum absolute atomic E-state index is 12.3. The number of esters is 1. The average molecular weight is 359 g/mol. The van der Waals surface area contributed by atoms with Crippen molar-refractivity contribution in [2.75, 3.05) is 5.32 Å². The molecule has 3 aromatic rings. The molecule has 4 rings (SSSR count). The lowest BCUT2D eigenvalue weighted by Gasteiger charge is -2.11. The highest BCUT2D eigenvalue weighted by atomic mass is 16.6. The summed E-state index contributed by atoms with van der Waals surface area (Å²) in [4.78, 5) is 24.5. The number of nitrogens with one attached hydrogen (secondary N) is 1. The molecule has 0 aromatic heterocycles. The number of carbonyl (C=O) groups excluding carboxylic acids is 2. The number of ether oxygens (including phenoxy) is 2. The Hall–Kier alpha value is -3.60. The molecule has 0 aliphatic carbocycles. The van der Waals surface area contributed by atoms with Crippen molar-refractivity contribution >= 4 is 17.6 Å². The highest BCUT2D eigenvalue weighted by Crippen LogP contribution is 2.29. The fourth-order valence-corrected chi connectivity index (χ4v) is 2.89. The number of benzene rings is 3. The van der Waals surface area contributed by atoms with Crippen LogP contribution in [0.4, 0.5) is 5.69 Å². The molecule has 1 unspecified atom stereocenters. The molecule has 134 valence electrons. The van der Waals surface area contributed by atoms with Crippen LogP contribution in [0.3, 0.4) is 0 Å². The van der Waals surface area contributed by atoms with E-state index in [-0.39, 0.29) is 5.91 Å². The molecule has 1 aliphatic heterocycles. The Kier molecular flexibility index (Phi) is 4.58. The third-order valence-corrected chi connectivity index (χ3v) is 4.28. The van der Waals surface area contributed by atoms with Crippen LogP contribution < -0.4 is 14.8 Å².